The van der Waals surface area contributed by atoms with Crippen molar-refractivity contribution >= 4 is 0 Å². The zero-order valence-electron chi connectivity index (χ0n) is 9.49. The van der Waals surface area contributed by atoms with Crippen LogP contribution in [0.2, 0.25) is 0 Å². The predicted octanol–water partition coefficient (Wildman–Crippen LogP) is 1.80. The van der Waals surface area contributed by atoms with E-state index < -0.39 is 11.8 Å². The van der Waals surface area contributed by atoms with Gasteiger partial charge < -0.3 is 15.6 Å². The first kappa shape index (κ1) is 13.6. The van der Waals surface area contributed by atoms with Crippen LogP contribution >= 0.6 is 0 Å². The van der Waals surface area contributed by atoms with Gasteiger partial charge in [0.05, 0.1) is 11.6 Å². The Morgan fingerprint density at radius 1 is 1.57 bits per heavy atom. The quantitative estimate of drug-likeness (QED) is 0.488. The van der Waals surface area contributed by atoms with Crippen molar-refractivity contribution in [2.75, 3.05) is 0 Å². The molecule has 2 unspecified atom stereocenters. The SMILES string of the molecule is C=CCC(CCC)OC(O)C(C)(C)N. The van der Waals surface area contributed by atoms with Crippen LogP contribution in [-0.4, -0.2) is 23.0 Å². The van der Waals surface area contributed by atoms with Crippen molar-refractivity contribution in [2.24, 2.45) is 5.73 Å². The van der Waals surface area contributed by atoms with Gasteiger partial charge in [0.1, 0.15) is 0 Å². The minimum absolute atomic E-state index is 0.0234. The first-order valence-electron chi connectivity index (χ1n) is 5.15. The lowest BCUT2D eigenvalue weighted by Crippen LogP contribution is -2.48. The summed E-state index contributed by atoms with van der Waals surface area (Å²) in [6.45, 7) is 9.23. The molecule has 3 heteroatoms. The highest BCUT2D eigenvalue weighted by Crippen LogP contribution is 2.14. The molecule has 0 spiro atoms. The summed E-state index contributed by atoms with van der Waals surface area (Å²) in [6, 6.07) is 0. The van der Waals surface area contributed by atoms with Gasteiger partial charge in [0.15, 0.2) is 6.29 Å². The van der Waals surface area contributed by atoms with E-state index in [-0.39, 0.29) is 6.10 Å². The van der Waals surface area contributed by atoms with Gasteiger partial charge in [-0.3, -0.25) is 0 Å². The molecule has 0 aliphatic rings. The molecule has 0 aromatic heterocycles. The molecule has 0 saturated carbocycles. The van der Waals surface area contributed by atoms with Crippen LogP contribution in [0.4, 0.5) is 0 Å². The Balaban J connectivity index is 4.07. The monoisotopic (exact) mass is 201 g/mol. The molecule has 84 valence electrons. The molecule has 0 aromatic rings. The highest BCUT2D eigenvalue weighted by atomic mass is 16.6. The summed E-state index contributed by atoms with van der Waals surface area (Å²) in [5.41, 5.74) is 5.00. The van der Waals surface area contributed by atoms with E-state index in [1.807, 2.05) is 0 Å². The van der Waals surface area contributed by atoms with Crippen LogP contribution in [0.3, 0.4) is 0 Å². The van der Waals surface area contributed by atoms with Crippen molar-refractivity contribution in [3.05, 3.63) is 12.7 Å². The van der Waals surface area contributed by atoms with Crippen LogP contribution < -0.4 is 5.73 Å². The van der Waals surface area contributed by atoms with E-state index in [4.69, 9.17) is 10.5 Å². The summed E-state index contributed by atoms with van der Waals surface area (Å²) in [5.74, 6) is 0. The lowest BCUT2D eigenvalue weighted by Gasteiger charge is -2.29. The van der Waals surface area contributed by atoms with Crippen LogP contribution in [0.5, 0.6) is 0 Å². The average Bonchev–Trinajstić information content (AvgIpc) is 2.03. The molecule has 0 heterocycles. The van der Waals surface area contributed by atoms with E-state index in [0.29, 0.717) is 0 Å². The summed E-state index contributed by atoms with van der Waals surface area (Å²) in [5, 5.41) is 9.63. The standard InChI is InChI=1S/C11H23NO2/c1-5-7-9(8-6-2)14-10(13)11(3,4)12/h5,9-10,13H,1,6-8,12H2,2-4H3. The summed E-state index contributed by atoms with van der Waals surface area (Å²) < 4.78 is 5.46. The first-order valence-corrected chi connectivity index (χ1v) is 5.15. The third kappa shape index (κ3) is 5.37. The Morgan fingerprint density at radius 2 is 2.14 bits per heavy atom. The number of ether oxygens (including phenoxy) is 1. The minimum atomic E-state index is -0.918. The molecule has 0 fully saturated rings. The van der Waals surface area contributed by atoms with Crippen LogP contribution in [0.1, 0.15) is 40.0 Å². The van der Waals surface area contributed by atoms with Crippen molar-refractivity contribution in [2.45, 2.75) is 58.0 Å². The Hall–Kier alpha value is -0.380. The fourth-order valence-electron chi connectivity index (χ4n) is 1.11. The van der Waals surface area contributed by atoms with Gasteiger partial charge in [-0.15, -0.1) is 6.58 Å². The maximum Gasteiger partial charge on any atom is 0.172 e. The number of nitrogens with two attached hydrogens (primary N) is 1. The van der Waals surface area contributed by atoms with Crippen LogP contribution in [-0.2, 0) is 4.74 Å². The van der Waals surface area contributed by atoms with E-state index in [1.54, 1.807) is 19.9 Å². The van der Waals surface area contributed by atoms with Gasteiger partial charge in [-0.25, -0.2) is 0 Å². The zero-order chi connectivity index (χ0) is 11.2. The van der Waals surface area contributed by atoms with Gasteiger partial charge in [-0.1, -0.05) is 19.4 Å². The molecule has 3 nitrogen and oxygen atoms in total. The summed E-state index contributed by atoms with van der Waals surface area (Å²) in [7, 11) is 0. The molecule has 3 N–H and O–H groups in total. The molecule has 0 aromatic carbocycles. The number of rotatable bonds is 7. The molecular weight excluding hydrogens is 178 g/mol. The van der Waals surface area contributed by atoms with Gasteiger partial charge in [0.25, 0.3) is 0 Å². The molecule has 0 bridgehead atoms. The van der Waals surface area contributed by atoms with Gasteiger partial charge in [-0.2, -0.15) is 0 Å². The number of hydrogen-bond donors (Lipinski definition) is 2. The average molecular weight is 201 g/mol. The molecule has 0 saturated heterocycles. The smallest absolute Gasteiger partial charge is 0.172 e. The van der Waals surface area contributed by atoms with Gasteiger partial charge in [0.2, 0.25) is 0 Å². The van der Waals surface area contributed by atoms with Crippen LogP contribution in [0.25, 0.3) is 0 Å². The molecule has 0 amide bonds. The number of hydrogen-bond acceptors (Lipinski definition) is 3. The number of aliphatic hydroxyl groups excluding tert-OH is 1. The van der Waals surface area contributed by atoms with E-state index in [1.165, 1.54) is 0 Å². The zero-order valence-corrected chi connectivity index (χ0v) is 9.49. The maximum absolute atomic E-state index is 9.63. The highest BCUT2D eigenvalue weighted by molar-refractivity contribution is 4.79. The fraction of sp³-hybridized carbons (Fsp3) is 0.818. The fourth-order valence-corrected chi connectivity index (χ4v) is 1.11. The second kappa shape index (κ2) is 6.17. The number of aliphatic hydroxyl groups is 1. The highest BCUT2D eigenvalue weighted by Gasteiger charge is 2.25. The molecule has 0 radical (unpaired) electrons. The summed E-state index contributed by atoms with van der Waals surface area (Å²) in [4.78, 5) is 0. The summed E-state index contributed by atoms with van der Waals surface area (Å²) in [6.07, 6.45) is 3.60. The second-order valence-electron chi connectivity index (χ2n) is 4.24. The van der Waals surface area contributed by atoms with Gasteiger partial charge in [0, 0.05) is 0 Å². The Labute approximate surface area is 86.9 Å². The van der Waals surface area contributed by atoms with Gasteiger partial charge >= 0.3 is 0 Å². The van der Waals surface area contributed by atoms with E-state index in [9.17, 15) is 5.11 Å². The van der Waals surface area contributed by atoms with Crippen molar-refractivity contribution in [3.8, 4) is 0 Å². The summed E-state index contributed by atoms with van der Waals surface area (Å²) >= 11 is 0. The maximum atomic E-state index is 9.63. The third-order valence-corrected chi connectivity index (χ3v) is 2.00. The topological polar surface area (TPSA) is 55.5 Å². The Bertz CT molecular complexity index is 163. The van der Waals surface area contributed by atoms with E-state index >= 15 is 0 Å². The minimum Gasteiger partial charge on any atom is -0.366 e. The Morgan fingerprint density at radius 3 is 2.50 bits per heavy atom. The van der Waals surface area contributed by atoms with E-state index in [0.717, 1.165) is 19.3 Å². The first-order chi connectivity index (χ1) is 6.41. The Kier molecular flexibility index (Phi) is 6.00. The van der Waals surface area contributed by atoms with Crippen molar-refractivity contribution < 1.29 is 9.84 Å². The van der Waals surface area contributed by atoms with Crippen molar-refractivity contribution in [1.82, 2.24) is 0 Å². The molecule has 0 aliphatic heterocycles. The van der Waals surface area contributed by atoms with Crippen molar-refractivity contribution in [1.29, 1.82) is 0 Å². The molecule has 0 rings (SSSR count). The largest absolute Gasteiger partial charge is 0.366 e. The van der Waals surface area contributed by atoms with E-state index in [2.05, 4.69) is 13.5 Å². The molecule has 0 aliphatic carbocycles. The van der Waals surface area contributed by atoms with Crippen molar-refractivity contribution in [3.63, 3.8) is 0 Å². The lowest BCUT2D eigenvalue weighted by molar-refractivity contribution is -0.167. The predicted molar refractivity (Wildman–Crippen MR) is 58.9 cm³/mol. The van der Waals surface area contributed by atoms with Crippen LogP contribution in [0.15, 0.2) is 12.7 Å². The molecule has 2 atom stereocenters. The van der Waals surface area contributed by atoms with Crippen LogP contribution in [0, 0.1) is 0 Å². The molecular formula is C11H23NO2. The normalized spacial score (nSPS) is 16.4. The van der Waals surface area contributed by atoms with Gasteiger partial charge in [-0.05, 0) is 26.7 Å². The molecule has 14 heavy (non-hydrogen) atoms. The third-order valence-electron chi connectivity index (χ3n) is 2.00. The second-order valence-corrected chi connectivity index (χ2v) is 4.24. The lowest BCUT2D eigenvalue weighted by atomic mass is 10.1.